The monoisotopic (exact) mass is 185 g/mol. The summed E-state index contributed by atoms with van der Waals surface area (Å²) in [6, 6.07) is 0. The van der Waals surface area contributed by atoms with Gasteiger partial charge in [0.05, 0.1) is 6.54 Å². The lowest BCUT2D eigenvalue weighted by Crippen LogP contribution is -2.37. The van der Waals surface area contributed by atoms with Crippen molar-refractivity contribution in [3.05, 3.63) is 0 Å². The molecular formula is C9H19N3O. The zero-order valence-corrected chi connectivity index (χ0v) is 8.55. The van der Waals surface area contributed by atoms with Crippen molar-refractivity contribution in [2.24, 2.45) is 0 Å². The molecular weight excluding hydrogens is 166 g/mol. The normalized spacial score (nSPS) is 20.1. The summed E-state index contributed by atoms with van der Waals surface area (Å²) in [5.41, 5.74) is 0. The second-order valence-corrected chi connectivity index (χ2v) is 3.78. The van der Waals surface area contributed by atoms with Gasteiger partial charge in [-0.25, -0.2) is 0 Å². The third-order valence-corrected chi connectivity index (χ3v) is 2.20. The van der Waals surface area contributed by atoms with Crippen molar-refractivity contribution in [2.75, 3.05) is 46.8 Å². The minimum Gasteiger partial charge on any atom is -0.355 e. The fourth-order valence-corrected chi connectivity index (χ4v) is 1.40. The number of nitrogens with zero attached hydrogens (tertiary/aromatic N) is 2. The number of carbonyl (C=O) groups excluding carboxylic acids is 1. The molecule has 1 aliphatic rings. The van der Waals surface area contributed by atoms with E-state index in [0.29, 0.717) is 6.54 Å². The molecule has 0 radical (unpaired) electrons. The zero-order valence-electron chi connectivity index (χ0n) is 8.55. The molecule has 1 rings (SSSR count). The van der Waals surface area contributed by atoms with Crippen LogP contribution in [0.3, 0.4) is 0 Å². The molecule has 1 amide bonds. The molecule has 1 saturated heterocycles. The summed E-state index contributed by atoms with van der Waals surface area (Å²) >= 11 is 0. The van der Waals surface area contributed by atoms with Gasteiger partial charge in [-0.1, -0.05) is 0 Å². The van der Waals surface area contributed by atoms with E-state index >= 15 is 0 Å². The maximum absolute atomic E-state index is 11.2. The van der Waals surface area contributed by atoms with E-state index in [1.165, 1.54) is 0 Å². The Morgan fingerprint density at radius 1 is 1.54 bits per heavy atom. The molecule has 13 heavy (non-hydrogen) atoms. The van der Waals surface area contributed by atoms with Crippen molar-refractivity contribution >= 4 is 5.91 Å². The van der Waals surface area contributed by atoms with E-state index < -0.39 is 0 Å². The predicted octanol–water partition coefficient (Wildman–Crippen LogP) is -0.630. The number of nitrogens with one attached hydrogen (secondary N) is 1. The van der Waals surface area contributed by atoms with Gasteiger partial charge in [0.1, 0.15) is 0 Å². The van der Waals surface area contributed by atoms with Gasteiger partial charge >= 0.3 is 0 Å². The maximum Gasteiger partial charge on any atom is 0.234 e. The summed E-state index contributed by atoms with van der Waals surface area (Å²) in [5, 5.41) is 2.87. The van der Waals surface area contributed by atoms with Gasteiger partial charge in [-0.3, -0.25) is 9.69 Å². The van der Waals surface area contributed by atoms with E-state index in [9.17, 15) is 4.79 Å². The minimum absolute atomic E-state index is 0.163. The summed E-state index contributed by atoms with van der Waals surface area (Å²) in [7, 11) is 4.11. The van der Waals surface area contributed by atoms with Crippen LogP contribution in [-0.4, -0.2) is 62.5 Å². The third kappa shape index (κ3) is 4.24. The number of rotatable bonds is 3. The largest absolute Gasteiger partial charge is 0.355 e. The lowest BCUT2D eigenvalue weighted by Gasteiger charge is -2.20. The number of carbonyl (C=O) groups is 1. The highest BCUT2D eigenvalue weighted by Gasteiger charge is 2.13. The van der Waals surface area contributed by atoms with Gasteiger partial charge in [-0.15, -0.1) is 0 Å². The van der Waals surface area contributed by atoms with E-state index in [2.05, 4.69) is 29.2 Å². The van der Waals surface area contributed by atoms with Crippen LogP contribution in [0.5, 0.6) is 0 Å². The van der Waals surface area contributed by atoms with Crippen molar-refractivity contribution < 1.29 is 4.79 Å². The molecule has 0 aliphatic carbocycles. The van der Waals surface area contributed by atoms with Crippen molar-refractivity contribution in [3.8, 4) is 0 Å². The van der Waals surface area contributed by atoms with E-state index in [1.54, 1.807) is 0 Å². The van der Waals surface area contributed by atoms with Crippen LogP contribution in [0.1, 0.15) is 6.42 Å². The first-order chi connectivity index (χ1) is 6.18. The van der Waals surface area contributed by atoms with Crippen LogP contribution in [0.25, 0.3) is 0 Å². The molecule has 4 nitrogen and oxygen atoms in total. The first-order valence-corrected chi connectivity index (χ1v) is 4.82. The second-order valence-electron chi connectivity index (χ2n) is 3.78. The Morgan fingerprint density at radius 3 is 3.00 bits per heavy atom. The van der Waals surface area contributed by atoms with Gasteiger partial charge in [0.15, 0.2) is 0 Å². The molecule has 0 unspecified atom stereocenters. The first-order valence-electron chi connectivity index (χ1n) is 4.82. The summed E-state index contributed by atoms with van der Waals surface area (Å²) in [5.74, 6) is 0.163. The average molecular weight is 185 g/mol. The molecule has 0 bridgehead atoms. The van der Waals surface area contributed by atoms with Crippen LogP contribution in [0, 0.1) is 0 Å². The van der Waals surface area contributed by atoms with Gasteiger partial charge < -0.3 is 10.2 Å². The van der Waals surface area contributed by atoms with Crippen molar-refractivity contribution in [1.29, 1.82) is 0 Å². The fraction of sp³-hybridized carbons (Fsp3) is 0.889. The van der Waals surface area contributed by atoms with E-state index in [4.69, 9.17) is 0 Å². The predicted molar refractivity (Wildman–Crippen MR) is 52.6 cm³/mol. The van der Waals surface area contributed by atoms with Crippen molar-refractivity contribution in [3.63, 3.8) is 0 Å². The van der Waals surface area contributed by atoms with Crippen LogP contribution in [0.15, 0.2) is 0 Å². The zero-order chi connectivity index (χ0) is 9.68. The van der Waals surface area contributed by atoms with Gasteiger partial charge in [0, 0.05) is 26.2 Å². The van der Waals surface area contributed by atoms with Crippen LogP contribution in [-0.2, 0) is 4.79 Å². The summed E-state index contributed by atoms with van der Waals surface area (Å²) in [4.78, 5) is 15.5. The molecule has 1 aliphatic heterocycles. The summed E-state index contributed by atoms with van der Waals surface area (Å²) in [6.07, 6.45) is 1.07. The van der Waals surface area contributed by atoms with E-state index in [1.807, 2.05) is 0 Å². The standard InChI is InChI=1S/C9H19N3O/c1-11(2)6-7-12-5-3-4-10-9(13)8-12/h3-8H2,1-2H3,(H,10,13). The first kappa shape index (κ1) is 10.5. The lowest BCUT2D eigenvalue weighted by atomic mass is 10.4. The Bertz CT molecular complexity index is 170. The molecule has 0 aromatic carbocycles. The lowest BCUT2D eigenvalue weighted by molar-refractivity contribution is -0.121. The van der Waals surface area contributed by atoms with Gasteiger partial charge in [0.2, 0.25) is 5.91 Å². The molecule has 4 heteroatoms. The Hall–Kier alpha value is -0.610. The second kappa shape index (κ2) is 5.19. The maximum atomic E-state index is 11.2. The Balaban J connectivity index is 2.26. The average Bonchev–Trinajstić information content (AvgIpc) is 2.26. The van der Waals surface area contributed by atoms with Crippen LogP contribution >= 0.6 is 0 Å². The highest BCUT2D eigenvalue weighted by molar-refractivity contribution is 5.78. The van der Waals surface area contributed by atoms with Crippen LogP contribution < -0.4 is 5.32 Å². The molecule has 1 fully saturated rings. The van der Waals surface area contributed by atoms with Crippen molar-refractivity contribution in [2.45, 2.75) is 6.42 Å². The molecule has 0 atom stereocenters. The fourth-order valence-electron chi connectivity index (χ4n) is 1.40. The van der Waals surface area contributed by atoms with E-state index in [0.717, 1.165) is 32.6 Å². The highest BCUT2D eigenvalue weighted by atomic mass is 16.2. The highest BCUT2D eigenvalue weighted by Crippen LogP contribution is 1.95. The SMILES string of the molecule is CN(C)CCN1CCCNC(=O)C1. The molecule has 0 saturated carbocycles. The van der Waals surface area contributed by atoms with Gasteiger partial charge in [-0.2, -0.15) is 0 Å². The minimum atomic E-state index is 0.163. The number of likely N-dealkylation sites (N-methyl/N-ethyl adjacent to an activating group) is 1. The number of hydrogen-bond acceptors (Lipinski definition) is 3. The van der Waals surface area contributed by atoms with Gasteiger partial charge in [0.25, 0.3) is 0 Å². The Kier molecular flexibility index (Phi) is 4.18. The summed E-state index contributed by atoms with van der Waals surface area (Å²) in [6.45, 7) is 4.44. The molecule has 76 valence electrons. The quantitative estimate of drug-likeness (QED) is 0.636. The molecule has 0 aromatic heterocycles. The van der Waals surface area contributed by atoms with Crippen LogP contribution in [0.2, 0.25) is 0 Å². The molecule has 0 spiro atoms. The Labute approximate surface area is 79.9 Å². The molecule has 1 heterocycles. The van der Waals surface area contributed by atoms with Crippen LogP contribution in [0.4, 0.5) is 0 Å². The molecule has 1 N–H and O–H groups in total. The third-order valence-electron chi connectivity index (χ3n) is 2.20. The van der Waals surface area contributed by atoms with Crippen molar-refractivity contribution in [1.82, 2.24) is 15.1 Å². The Morgan fingerprint density at radius 2 is 2.31 bits per heavy atom. The number of hydrogen-bond donors (Lipinski definition) is 1. The van der Waals surface area contributed by atoms with E-state index in [-0.39, 0.29) is 5.91 Å². The topological polar surface area (TPSA) is 35.6 Å². The molecule has 0 aromatic rings. The smallest absolute Gasteiger partial charge is 0.234 e. The van der Waals surface area contributed by atoms with Gasteiger partial charge in [-0.05, 0) is 20.5 Å². The number of amides is 1. The summed E-state index contributed by atoms with van der Waals surface area (Å²) < 4.78 is 0.